The Kier molecular flexibility index (Phi) is 6.63. The summed E-state index contributed by atoms with van der Waals surface area (Å²) in [7, 11) is 0. The van der Waals surface area contributed by atoms with E-state index in [0.717, 1.165) is 28.8 Å². The number of hydroxylamine groups is 1. The van der Waals surface area contributed by atoms with Gasteiger partial charge < -0.3 is 5.32 Å². The number of thiophene rings is 1. The molecule has 3 rings (SSSR count). The summed E-state index contributed by atoms with van der Waals surface area (Å²) in [4.78, 5) is 13.6. The van der Waals surface area contributed by atoms with E-state index in [1.54, 1.807) is 0 Å². The minimum atomic E-state index is -0.497. The van der Waals surface area contributed by atoms with Crippen LogP contribution in [0.2, 0.25) is 0 Å². The number of amides is 1. The SMILES string of the molecule is C=C(NO)C(NC(=O)c1ccc(-c2ccc(CCC)cc2)cc1)c1cccs1. The van der Waals surface area contributed by atoms with Crippen LogP contribution in [0.25, 0.3) is 11.1 Å². The molecule has 1 heterocycles. The van der Waals surface area contributed by atoms with Gasteiger partial charge in [0.15, 0.2) is 0 Å². The summed E-state index contributed by atoms with van der Waals surface area (Å²) < 4.78 is 0. The zero-order chi connectivity index (χ0) is 19.9. The van der Waals surface area contributed by atoms with Crippen molar-refractivity contribution >= 4 is 17.2 Å². The normalized spacial score (nSPS) is 11.6. The van der Waals surface area contributed by atoms with Gasteiger partial charge in [0.05, 0.1) is 5.70 Å². The van der Waals surface area contributed by atoms with Gasteiger partial charge in [-0.25, -0.2) is 0 Å². The average molecular weight is 393 g/mol. The molecule has 144 valence electrons. The van der Waals surface area contributed by atoms with E-state index in [4.69, 9.17) is 0 Å². The highest BCUT2D eigenvalue weighted by Gasteiger charge is 2.19. The van der Waals surface area contributed by atoms with Gasteiger partial charge in [0.1, 0.15) is 6.04 Å². The smallest absolute Gasteiger partial charge is 0.252 e. The lowest BCUT2D eigenvalue weighted by molar-refractivity contribution is 0.0935. The van der Waals surface area contributed by atoms with Crippen molar-refractivity contribution in [2.24, 2.45) is 0 Å². The second-order valence-electron chi connectivity index (χ2n) is 6.58. The number of aryl methyl sites for hydroxylation is 1. The van der Waals surface area contributed by atoms with Gasteiger partial charge in [0, 0.05) is 10.4 Å². The molecule has 0 bridgehead atoms. The van der Waals surface area contributed by atoms with Crippen molar-refractivity contribution < 1.29 is 10.0 Å². The van der Waals surface area contributed by atoms with Crippen molar-refractivity contribution in [3.05, 3.63) is 94.3 Å². The van der Waals surface area contributed by atoms with Crippen molar-refractivity contribution in [3.63, 3.8) is 0 Å². The zero-order valence-electron chi connectivity index (χ0n) is 15.8. The molecule has 0 aliphatic heterocycles. The molecular weight excluding hydrogens is 368 g/mol. The minimum Gasteiger partial charge on any atom is -0.339 e. The summed E-state index contributed by atoms with van der Waals surface area (Å²) in [5, 5.41) is 14.0. The van der Waals surface area contributed by atoms with Gasteiger partial charge in [0.25, 0.3) is 5.91 Å². The fourth-order valence-corrected chi connectivity index (χ4v) is 3.84. The maximum Gasteiger partial charge on any atom is 0.252 e. The molecule has 0 spiro atoms. The summed E-state index contributed by atoms with van der Waals surface area (Å²) in [5.74, 6) is -0.223. The highest BCUT2D eigenvalue weighted by molar-refractivity contribution is 7.10. The van der Waals surface area contributed by atoms with Crippen LogP contribution in [0.3, 0.4) is 0 Å². The van der Waals surface area contributed by atoms with Crippen molar-refractivity contribution in [2.45, 2.75) is 25.8 Å². The van der Waals surface area contributed by atoms with Gasteiger partial charge in [-0.2, -0.15) is 0 Å². The van der Waals surface area contributed by atoms with Gasteiger partial charge in [-0.3, -0.25) is 15.5 Å². The zero-order valence-corrected chi connectivity index (χ0v) is 16.6. The number of nitrogens with one attached hydrogen (secondary N) is 2. The molecule has 4 nitrogen and oxygen atoms in total. The van der Waals surface area contributed by atoms with Crippen LogP contribution >= 0.6 is 11.3 Å². The second kappa shape index (κ2) is 9.35. The summed E-state index contributed by atoms with van der Waals surface area (Å²) in [6.45, 7) is 5.95. The largest absolute Gasteiger partial charge is 0.339 e. The number of rotatable bonds is 8. The van der Waals surface area contributed by atoms with Gasteiger partial charge in [-0.05, 0) is 46.7 Å². The van der Waals surface area contributed by atoms with E-state index < -0.39 is 6.04 Å². The maximum atomic E-state index is 12.7. The maximum absolute atomic E-state index is 12.7. The Morgan fingerprint density at radius 3 is 2.25 bits per heavy atom. The minimum absolute atomic E-state index is 0.223. The first-order chi connectivity index (χ1) is 13.6. The lowest BCUT2D eigenvalue weighted by Gasteiger charge is -2.19. The molecule has 0 aliphatic carbocycles. The van der Waals surface area contributed by atoms with E-state index in [-0.39, 0.29) is 5.91 Å². The van der Waals surface area contributed by atoms with Gasteiger partial charge in [-0.1, -0.05) is 62.4 Å². The molecular formula is C23H24N2O2S. The quantitative estimate of drug-likeness (QED) is 0.454. The third kappa shape index (κ3) is 4.68. The van der Waals surface area contributed by atoms with Gasteiger partial charge in [0.2, 0.25) is 0 Å². The van der Waals surface area contributed by atoms with E-state index in [0.29, 0.717) is 11.3 Å². The fourth-order valence-electron chi connectivity index (χ4n) is 3.03. The van der Waals surface area contributed by atoms with Crippen LogP contribution in [0.5, 0.6) is 0 Å². The molecule has 0 radical (unpaired) electrons. The molecule has 1 aromatic heterocycles. The molecule has 1 atom stereocenters. The van der Waals surface area contributed by atoms with E-state index >= 15 is 0 Å². The topological polar surface area (TPSA) is 61.4 Å². The number of hydrogen-bond donors (Lipinski definition) is 3. The molecule has 0 aliphatic rings. The Labute approximate surface area is 169 Å². The van der Waals surface area contributed by atoms with Gasteiger partial charge in [-0.15, -0.1) is 11.3 Å². The standard InChI is InChI=1S/C23H24N2O2S/c1-3-5-17-7-9-18(10-8-17)19-11-13-20(14-12-19)23(26)24-22(16(2)25-27)21-6-4-15-28-21/h4,6-15,22,25,27H,2-3,5H2,1H3,(H,24,26). The van der Waals surface area contributed by atoms with Crippen LogP contribution in [0.15, 0.2) is 78.3 Å². The molecule has 0 saturated heterocycles. The lowest BCUT2D eigenvalue weighted by atomic mass is 10.0. The Hall–Kier alpha value is -2.89. The molecule has 0 fully saturated rings. The molecule has 1 amide bonds. The Bertz CT molecular complexity index is 916. The van der Waals surface area contributed by atoms with Crippen LogP contribution in [0.4, 0.5) is 0 Å². The van der Waals surface area contributed by atoms with E-state index in [1.807, 2.05) is 41.8 Å². The number of hydrogen-bond acceptors (Lipinski definition) is 4. The summed E-state index contributed by atoms with van der Waals surface area (Å²) in [6, 6.07) is 19.3. The Morgan fingerprint density at radius 2 is 1.71 bits per heavy atom. The van der Waals surface area contributed by atoms with Crippen LogP contribution in [-0.2, 0) is 6.42 Å². The molecule has 3 N–H and O–H groups in total. The van der Waals surface area contributed by atoms with Crippen molar-refractivity contribution in [1.29, 1.82) is 0 Å². The lowest BCUT2D eigenvalue weighted by Crippen LogP contribution is -2.32. The third-order valence-corrected chi connectivity index (χ3v) is 5.51. The predicted molar refractivity (Wildman–Crippen MR) is 114 cm³/mol. The van der Waals surface area contributed by atoms with Crippen LogP contribution in [-0.4, -0.2) is 11.1 Å². The van der Waals surface area contributed by atoms with Crippen molar-refractivity contribution in [2.75, 3.05) is 0 Å². The summed E-state index contributed by atoms with van der Waals surface area (Å²) in [6.07, 6.45) is 2.21. The Balaban J connectivity index is 1.73. The van der Waals surface area contributed by atoms with Crippen LogP contribution in [0, 0.1) is 0 Å². The van der Waals surface area contributed by atoms with E-state index in [1.165, 1.54) is 16.9 Å². The molecule has 28 heavy (non-hydrogen) atoms. The number of benzene rings is 2. The van der Waals surface area contributed by atoms with E-state index in [9.17, 15) is 10.0 Å². The predicted octanol–water partition coefficient (Wildman–Crippen LogP) is 5.33. The molecule has 3 aromatic rings. The third-order valence-electron chi connectivity index (χ3n) is 4.57. The Morgan fingerprint density at radius 1 is 1.07 bits per heavy atom. The molecule has 2 aromatic carbocycles. The average Bonchev–Trinajstić information content (AvgIpc) is 3.27. The van der Waals surface area contributed by atoms with Crippen LogP contribution < -0.4 is 10.8 Å². The summed E-state index contributed by atoms with van der Waals surface area (Å²) in [5.41, 5.74) is 6.45. The first-order valence-electron chi connectivity index (χ1n) is 9.25. The number of carbonyl (C=O) groups excluding carboxylic acids is 1. The van der Waals surface area contributed by atoms with Crippen molar-refractivity contribution in [3.8, 4) is 11.1 Å². The second-order valence-corrected chi connectivity index (χ2v) is 7.56. The summed E-state index contributed by atoms with van der Waals surface area (Å²) >= 11 is 1.49. The van der Waals surface area contributed by atoms with E-state index in [2.05, 4.69) is 48.6 Å². The highest BCUT2D eigenvalue weighted by Crippen LogP contribution is 2.25. The molecule has 0 saturated carbocycles. The first kappa shape index (κ1) is 19.9. The highest BCUT2D eigenvalue weighted by atomic mass is 32.1. The van der Waals surface area contributed by atoms with Crippen molar-refractivity contribution in [1.82, 2.24) is 10.8 Å². The van der Waals surface area contributed by atoms with Crippen LogP contribution in [0.1, 0.15) is 40.2 Å². The van der Waals surface area contributed by atoms with Gasteiger partial charge >= 0.3 is 0 Å². The molecule has 5 heteroatoms. The first-order valence-corrected chi connectivity index (χ1v) is 10.1. The molecule has 1 unspecified atom stereocenters. The monoisotopic (exact) mass is 392 g/mol. The number of carbonyl (C=O) groups is 1. The fraction of sp³-hybridized carbons (Fsp3) is 0.174.